The molecule has 1 rings (SSSR count). The third kappa shape index (κ3) is 4.62. The van der Waals surface area contributed by atoms with Crippen LogP contribution in [0, 0.1) is 5.95 Å². The summed E-state index contributed by atoms with van der Waals surface area (Å²) in [6.07, 6.45) is 1.51. The molecule has 0 saturated heterocycles. The molecule has 0 atom stereocenters. The van der Waals surface area contributed by atoms with Crippen LogP contribution in [0.1, 0.15) is 13.8 Å². The lowest BCUT2D eigenvalue weighted by atomic mass is 10.5. The predicted molar refractivity (Wildman–Crippen MR) is 62.7 cm³/mol. The van der Waals surface area contributed by atoms with Gasteiger partial charge in [0, 0.05) is 29.5 Å². The number of nitrogens with zero attached hydrogens (tertiary/aromatic N) is 2. The average molecular weight is 228 g/mol. The van der Waals surface area contributed by atoms with Gasteiger partial charge in [-0.1, -0.05) is 13.8 Å². The molecule has 1 heterocycles. The fourth-order valence-electron chi connectivity index (χ4n) is 1.31. The molecule has 0 amide bonds. The SMILES string of the molecule is CCN(CC)CCSc1ccnc(F)c1. The Labute approximate surface area is 94.9 Å². The van der Waals surface area contributed by atoms with Crippen molar-refractivity contribution in [3.63, 3.8) is 0 Å². The van der Waals surface area contributed by atoms with Crippen LogP contribution in [0.5, 0.6) is 0 Å². The number of pyridine rings is 1. The number of thioether (sulfide) groups is 1. The van der Waals surface area contributed by atoms with E-state index in [9.17, 15) is 4.39 Å². The number of halogens is 1. The highest BCUT2D eigenvalue weighted by molar-refractivity contribution is 7.99. The molecule has 1 aromatic rings. The second-order valence-corrected chi connectivity index (χ2v) is 4.36. The van der Waals surface area contributed by atoms with E-state index in [2.05, 4.69) is 23.7 Å². The monoisotopic (exact) mass is 228 g/mol. The quantitative estimate of drug-likeness (QED) is 0.550. The van der Waals surface area contributed by atoms with Gasteiger partial charge >= 0.3 is 0 Å². The number of hydrogen-bond donors (Lipinski definition) is 0. The number of rotatable bonds is 6. The summed E-state index contributed by atoms with van der Waals surface area (Å²) in [4.78, 5) is 6.83. The van der Waals surface area contributed by atoms with Gasteiger partial charge in [0.2, 0.25) is 5.95 Å². The third-order valence-corrected chi connectivity index (χ3v) is 3.24. The predicted octanol–water partition coefficient (Wildman–Crippen LogP) is 2.65. The van der Waals surface area contributed by atoms with E-state index in [4.69, 9.17) is 0 Å². The van der Waals surface area contributed by atoms with E-state index in [1.807, 2.05) is 6.07 Å². The largest absolute Gasteiger partial charge is 0.303 e. The molecule has 0 aliphatic carbocycles. The van der Waals surface area contributed by atoms with Crippen molar-refractivity contribution in [3.05, 3.63) is 24.3 Å². The fourth-order valence-corrected chi connectivity index (χ4v) is 2.23. The number of aromatic nitrogens is 1. The molecule has 1 aromatic heterocycles. The zero-order valence-electron chi connectivity index (χ0n) is 9.24. The zero-order valence-corrected chi connectivity index (χ0v) is 10.1. The molecule has 0 N–H and O–H groups in total. The van der Waals surface area contributed by atoms with Gasteiger partial charge in [-0.3, -0.25) is 0 Å². The zero-order chi connectivity index (χ0) is 11.1. The molecular formula is C11H17FN2S. The Morgan fingerprint density at radius 1 is 1.40 bits per heavy atom. The third-order valence-electron chi connectivity index (χ3n) is 2.27. The minimum Gasteiger partial charge on any atom is -0.303 e. The van der Waals surface area contributed by atoms with Gasteiger partial charge < -0.3 is 4.90 Å². The molecule has 0 fully saturated rings. The van der Waals surface area contributed by atoms with Crippen molar-refractivity contribution in [2.24, 2.45) is 0 Å². The molecule has 2 nitrogen and oxygen atoms in total. The Kier molecular flexibility index (Phi) is 5.65. The molecule has 0 aliphatic rings. The molecule has 0 aromatic carbocycles. The Balaban J connectivity index is 2.31. The molecule has 0 saturated carbocycles. The maximum atomic E-state index is 12.8. The maximum absolute atomic E-state index is 12.8. The van der Waals surface area contributed by atoms with E-state index >= 15 is 0 Å². The van der Waals surface area contributed by atoms with Gasteiger partial charge in [-0.15, -0.1) is 11.8 Å². The highest BCUT2D eigenvalue weighted by Gasteiger charge is 2.00. The molecular weight excluding hydrogens is 211 g/mol. The van der Waals surface area contributed by atoms with Crippen LogP contribution in [0.4, 0.5) is 4.39 Å². The lowest BCUT2D eigenvalue weighted by Gasteiger charge is -2.17. The molecule has 15 heavy (non-hydrogen) atoms. The average Bonchev–Trinajstić information content (AvgIpc) is 2.25. The summed E-state index contributed by atoms with van der Waals surface area (Å²) >= 11 is 1.67. The van der Waals surface area contributed by atoms with Crippen LogP contribution in [0.3, 0.4) is 0 Å². The van der Waals surface area contributed by atoms with Crippen molar-refractivity contribution in [1.29, 1.82) is 0 Å². The Bertz CT molecular complexity index is 290. The van der Waals surface area contributed by atoms with Crippen molar-refractivity contribution >= 4 is 11.8 Å². The maximum Gasteiger partial charge on any atom is 0.213 e. The summed E-state index contributed by atoms with van der Waals surface area (Å²) in [6, 6.07) is 3.32. The van der Waals surface area contributed by atoms with Gasteiger partial charge in [0.25, 0.3) is 0 Å². The Morgan fingerprint density at radius 2 is 2.13 bits per heavy atom. The highest BCUT2D eigenvalue weighted by atomic mass is 32.2. The first-order chi connectivity index (χ1) is 7.26. The van der Waals surface area contributed by atoms with E-state index < -0.39 is 5.95 Å². The Hall–Kier alpha value is -0.610. The van der Waals surface area contributed by atoms with Crippen molar-refractivity contribution in [2.45, 2.75) is 18.7 Å². The van der Waals surface area contributed by atoms with Crippen molar-refractivity contribution in [2.75, 3.05) is 25.4 Å². The summed E-state index contributed by atoms with van der Waals surface area (Å²) in [7, 11) is 0. The topological polar surface area (TPSA) is 16.1 Å². The van der Waals surface area contributed by atoms with Crippen LogP contribution < -0.4 is 0 Å². The minimum atomic E-state index is -0.400. The van der Waals surface area contributed by atoms with Gasteiger partial charge in [-0.2, -0.15) is 4.39 Å². The summed E-state index contributed by atoms with van der Waals surface area (Å²) in [5.74, 6) is 0.591. The van der Waals surface area contributed by atoms with Gasteiger partial charge in [-0.25, -0.2) is 4.98 Å². The van der Waals surface area contributed by atoms with E-state index in [1.54, 1.807) is 11.8 Å². The lowest BCUT2D eigenvalue weighted by molar-refractivity contribution is 0.324. The van der Waals surface area contributed by atoms with Crippen LogP contribution in [0.15, 0.2) is 23.2 Å². The van der Waals surface area contributed by atoms with Crippen LogP contribution in [0.25, 0.3) is 0 Å². The van der Waals surface area contributed by atoms with Gasteiger partial charge in [-0.05, 0) is 19.2 Å². The van der Waals surface area contributed by atoms with Gasteiger partial charge in [0.15, 0.2) is 0 Å². The number of hydrogen-bond acceptors (Lipinski definition) is 3. The second kappa shape index (κ2) is 6.80. The van der Waals surface area contributed by atoms with Gasteiger partial charge in [0.1, 0.15) is 0 Å². The molecule has 0 spiro atoms. The molecule has 0 unspecified atom stereocenters. The molecule has 0 radical (unpaired) electrons. The summed E-state index contributed by atoms with van der Waals surface area (Å²) in [6.45, 7) is 7.49. The Morgan fingerprint density at radius 3 is 2.73 bits per heavy atom. The molecule has 84 valence electrons. The second-order valence-electron chi connectivity index (χ2n) is 3.19. The molecule has 4 heteroatoms. The first kappa shape index (κ1) is 12.5. The van der Waals surface area contributed by atoms with Crippen LogP contribution in [-0.2, 0) is 0 Å². The minimum absolute atomic E-state index is 0.400. The molecule has 0 bridgehead atoms. The summed E-state index contributed by atoms with van der Waals surface area (Å²) in [5.41, 5.74) is 0. The van der Waals surface area contributed by atoms with Gasteiger partial charge in [0.05, 0.1) is 0 Å². The first-order valence-electron chi connectivity index (χ1n) is 5.23. The van der Waals surface area contributed by atoms with Crippen molar-refractivity contribution in [3.8, 4) is 0 Å². The van der Waals surface area contributed by atoms with E-state index in [-0.39, 0.29) is 0 Å². The van der Waals surface area contributed by atoms with E-state index in [1.165, 1.54) is 12.3 Å². The molecule has 0 aliphatic heterocycles. The smallest absolute Gasteiger partial charge is 0.213 e. The van der Waals surface area contributed by atoms with Crippen molar-refractivity contribution in [1.82, 2.24) is 9.88 Å². The summed E-state index contributed by atoms with van der Waals surface area (Å²) in [5, 5.41) is 0. The standard InChI is InChI=1S/C11H17FN2S/c1-3-14(4-2)7-8-15-10-5-6-13-11(12)9-10/h5-6,9H,3-4,7-8H2,1-2H3. The fraction of sp³-hybridized carbons (Fsp3) is 0.545. The van der Waals surface area contributed by atoms with Crippen LogP contribution in [-0.4, -0.2) is 35.3 Å². The van der Waals surface area contributed by atoms with Crippen molar-refractivity contribution < 1.29 is 4.39 Å². The van der Waals surface area contributed by atoms with Crippen LogP contribution in [0.2, 0.25) is 0 Å². The van der Waals surface area contributed by atoms with E-state index in [0.717, 1.165) is 30.3 Å². The first-order valence-corrected chi connectivity index (χ1v) is 6.21. The lowest BCUT2D eigenvalue weighted by Crippen LogP contribution is -2.25. The van der Waals surface area contributed by atoms with Crippen LogP contribution >= 0.6 is 11.8 Å². The normalized spacial score (nSPS) is 10.9. The summed E-state index contributed by atoms with van der Waals surface area (Å²) < 4.78 is 12.8. The van der Waals surface area contributed by atoms with E-state index in [0.29, 0.717) is 0 Å². The highest BCUT2D eigenvalue weighted by Crippen LogP contribution is 2.17.